The highest BCUT2D eigenvalue weighted by molar-refractivity contribution is 7.15. The number of halogens is 3. The van der Waals surface area contributed by atoms with Gasteiger partial charge in [-0.25, -0.2) is 14.8 Å². The number of fused-ring (bicyclic) bond motifs is 4. The van der Waals surface area contributed by atoms with Gasteiger partial charge in [0.1, 0.15) is 11.6 Å². The fraction of sp³-hybridized carbons (Fsp3) is 0.591. The molecule has 2 amide bonds. The molecular formula is C22H26F3N5OS. The SMILES string of the molecule is Cc1cnc(NC(=O)N2c3nc(N4CCCC(C(F)(F)F)C4)ccc3C3CCC[C@H]2C3)s1. The van der Waals surface area contributed by atoms with E-state index in [0.717, 1.165) is 36.1 Å². The van der Waals surface area contributed by atoms with Crippen LogP contribution < -0.4 is 15.1 Å². The van der Waals surface area contributed by atoms with Gasteiger partial charge in [-0.1, -0.05) is 12.5 Å². The number of nitrogens with one attached hydrogen (secondary N) is 1. The van der Waals surface area contributed by atoms with E-state index in [1.165, 1.54) is 11.3 Å². The zero-order chi connectivity index (χ0) is 22.5. The van der Waals surface area contributed by atoms with Crippen molar-refractivity contribution in [3.05, 3.63) is 28.8 Å². The van der Waals surface area contributed by atoms with Crippen LogP contribution in [0.5, 0.6) is 0 Å². The van der Waals surface area contributed by atoms with E-state index in [4.69, 9.17) is 4.98 Å². The summed E-state index contributed by atoms with van der Waals surface area (Å²) < 4.78 is 40.0. The highest BCUT2D eigenvalue weighted by atomic mass is 32.1. The lowest BCUT2D eigenvalue weighted by molar-refractivity contribution is -0.176. The van der Waals surface area contributed by atoms with Gasteiger partial charge in [0, 0.05) is 30.2 Å². The third kappa shape index (κ3) is 4.04. The molecule has 2 unspecified atom stereocenters. The summed E-state index contributed by atoms with van der Waals surface area (Å²) in [4.78, 5) is 26.8. The summed E-state index contributed by atoms with van der Waals surface area (Å²) in [7, 11) is 0. The lowest BCUT2D eigenvalue weighted by Gasteiger charge is -2.43. The van der Waals surface area contributed by atoms with E-state index in [1.807, 2.05) is 19.1 Å². The molecule has 4 heterocycles. The molecule has 5 rings (SSSR count). The molecular weight excluding hydrogens is 439 g/mol. The molecule has 0 spiro atoms. The number of piperidine rings is 1. The Balaban J connectivity index is 1.46. The Morgan fingerprint density at radius 1 is 1.22 bits per heavy atom. The van der Waals surface area contributed by atoms with Crippen LogP contribution in [-0.4, -0.2) is 41.3 Å². The van der Waals surface area contributed by atoms with Crippen molar-refractivity contribution in [3.63, 3.8) is 0 Å². The van der Waals surface area contributed by atoms with Crippen LogP contribution in [0.3, 0.4) is 0 Å². The van der Waals surface area contributed by atoms with Crippen LogP contribution in [0, 0.1) is 12.8 Å². The number of hydrogen-bond acceptors (Lipinski definition) is 5. The summed E-state index contributed by atoms with van der Waals surface area (Å²) in [6.07, 6.45) is 2.00. The molecule has 2 fully saturated rings. The first-order valence-corrected chi connectivity index (χ1v) is 12.0. The second-order valence-corrected chi connectivity index (χ2v) is 10.2. The van der Waals surface area contributed by atoms with E-state index < -0.39 is 12.1 Å². The maximum atomic E-state index is 13.3. The summed E-state index contributed by atoms with van der Waals surface area (Å²) >= 11 is 1.41. The summed E-state index contributed by atoms with van der Waals surface area (Å²) in [5.74, 6) is 0.0886. The first-order valence-electron chi connectivity index (χ1n) is 11.1. The van der Waals surface area contributed by atoms with Crippen molar-refractivity contribution in [1.82, 2.24) is 9.97 Å². The van der Waals surface area contributed by atoms with Gasteiger partial charge in [-0.15, -0.1) is 11.3 Å². The van der Waals surface area contributed by atoms with E-state index in [-0.39, 0.29) is 25.0 Å². The number of urea groups is 1. The Labute approximate surface area is 188 Å². The highest BCUT2D eigenvalue weighted by Crippen LogP contribution is 2.46. The van der Waals surface area contributed by atoms with Gasteiger partial charge in [0.25, 0.3) is 0 Å². The summed E-state index contributed by atoms with van der Waals surface area (Å²) in [5, 5.41) is 3.43. The minimum absolute atomic E-state index is 0.0364. The molecule has 2 aromatic rings. The van der Waals surface area contributed by atoms with Crippen LogP contribution in [0.15, 0.2) is 18.3 Å². The highest BCUT2D eigenvalue weighted by Gasteiger charge is 2.43. The third-order valence-corrected chi connectivity index (χ3v) is 7.66. The number of rotatable bonds is 2. The van der Waals surface area contributed by atoms with Crippen molar-refractivity contribution in [2.24, 2.45) is 5.92 Å². The standard InChI is InChI=1S/C22H26F3N5OS/c1-13-11-26-20(32-13)28-21(31)30-16-6-2-4-14(10-16)17-7-8-18(27-19(17)30)29-9-3-5-15(12-29)22(23,24)25/h7-8,11,14-16H,2-6,9-10,12H2,1H3,(H,26,28,31)/t14?,15?,16-/m0/s1. The molecule has 32 heavy (non-hydrogen) atoms. The maximum absolute atomic E-state index is 13.3. The Morgan fingerprint density at radius 3 is 2.81 bits per heavy atom. The first kappa shape index (κ1) is 21.5. The average molecular weight is 466 g/mol. The number of thiazole rings is 1. The van der Waals surface area contributed by atoms with Crippen molar-refractivity contribution in [2.45, 2.75) is 63.6 Å². The monoisotopic (exact) mass is 465 g/mol. The number of hydrogen-bond donors (Lipinski definition) is 1. The molecule has 1 saturated heterocycles. The summed E-state index contributed by atoms with van der Waals surface area (Å²) in [6.45, 7) is 2.37. The zero-order valence-corrected chi connectivity index (χ0v) is 18.7. The summed E-state index contributed by atoms with van der Waals surface area (Å²) in [6, 6.07) is 3.55. The quantitative estimate of drug-likeness (QED) is 0.618. The number of alkyl halides is 3. The molecule has 0 radical (unpaired) electrons. The van der Waals surface area contributed by atoms with Crippen LogP contribution in [0.1, 0.15) is 54.9 Å². The average Bonchev–Trinajstić information content (AvgIpc) is 3.17. The third-order valence-electron chi connectivity index (χ3n) is 6.83. The van der Waals surface area contributed by atoms with E-state index in [9.17, 15) is 18.0 Å². The Kier molecular flexibility index (Phi) is 5.51. The maximum Gasteiger partial charge on any atom is 0.393 e. The van der Waals surface area contributed by atoms with Gasteiger partial charge < -0.3 is 4.90 Å². The van der Waals surface area contributed by atoms with Crippen molar-refractivity contribution in [3.8, 4) is 0 Å². The van der Waals surface area contributed by atoms with Crippen LogP contribution in [-0.2, 0) is 0 Å². The number of carbonyl (C=O) groups excluding carboxylic acids is 1. The fourth-order valence-corrected chi connectivity index (χ4v) is 5.92. The van der Waals surface area contributed by atoms with Gasteiger partial charge in [0.05, 0.1) is 5.92 Å². The van der Waals surface area contributed by atoms with Gasteiger partial charge in [0.2, 0.25) is 0 Å². The molecule has 172 valence electrons. The van der Waals surface area contributed by atoms with Gasteiger partial charge in [-0.2, -0.15) is 13.2 Å². The molecule has 2 bridgehead atoms. The number of amides is 2. The molecule has 1 N–H and O–H groups in total. The van der Waals surface area contributed by atoms with Crippen LogP contribution in [0.2, 0.25) is 0 Å². The topological polar surface area (TPSA) is 61.4 Å². The predicted molar refractivity (Wildman–Crippen MR) is 119 cm³/mol. The van der Waals surface area contributed by atoms with Crippen molar-refractivity contribution >= 4 is 34.1 Å². The Bertz CT molecular complexity index is 1010. The first-order chi connectivity index (χ1) is 15.3. The molecule has 2 aliphatic heterocycles. The van der Waals surface area contributed by atoms with Gasteiger partial charge in [-0.3, -0.25) is 10.2 Å². The number of aryl methyl sites for hydroxylation is 1. The Hall–Kier alpha value is -2.36. The number of aromatic nitrogens is 2. The largest absolute Gasteiger partial charge is 0.393 e. The second-order valence-electron chi connectivity index (χ2n) is 9.00. The second kappa shape index (κ2) is 8.20. The van der Waals surface area contributed by atoms with E-state index >= 15 is 0 Å². The minimum atomic E-state index is -4.21. The Morgan fingerprint density at radius 2 is 2.06 bits per heavy atom. The number of anilines is 3. The van der Waals surface area contributed by atoms with Gasteiger partial charge >= 0.3 is 12.2 Å². The predicted octanol–water partition coefficient (Wildman–Crippen LogP) is 5.70. The van der Waals surface area contributed by atoms with Gasteiger partial charge in [0.15, 0.2) is 5.13 Å². The van der Waals surface area contributed by atoms with Crippen LogP contribution in [0.25, 0.3) is 0 Å². The fourth-order valence-electron chi connectivity index (χ4n) is 5.27. The van der Waals surface area contributed by atoms with Crippen molar-refractivity contribution < 1.29 is 18.0 Å². The number of carbonyl (C=O) groups is 1. The molecule has 0 aromatic carbocycles. The number of nitrogens with zero attached hydrogens (tertiary/aromatic N) is 4. The lowest BCUT2D eigenvalue weighted by atomic mass is 9.77. The zero-order valence-electron chi connectivity index (χ0n) is 17.9. The summed E-state index contributed by atoms with van der Waals surface area (Å²) in [5.41, 5.74) is 1.01. The molecule has 3 atom stereocenters. The van der Waals surface area contributed by atoms with Crippen molar-refractivity contribution in [1.29, 1.82) is 0 Å². The smallest absolute Gasteiger partial charge is 0.356 e. The van der Waals surface area contributed by atoms with Crippen molar-refractivity contribution in [2.75, 3.05) is 28.2 Å². The van der Waals surface area contributed by atoms with Crippen LogP contribution >= 0.6 is 11.3 Å². The van der Waals surface area contributed by atoms with E-state index in [1.54, 1.807) is 16.0 Å². The number of pyridine rings is 1. The normalized spacial score (nSPS) is 25.4. The molecule has 2 aromatic heterocycles. The van der Waals surface area contributed by atoms with Crippen LogP contribution in [0.4, 0.5) is 34.7 Å². The lowest BCUT2D eigenvalue weighted by Crippen LogP contribution is -2.49. The van der Waals surface area contributed by atoms with Gasteiger partial charge in [-0.05, 0) is 56.6 Å². The molecule has 3 aliphatic rings. The molecule has 10 heteroatoms. The minimum Gasteiger partial charge on any atom is -0.356 e. The van der Waals surface area contributed by atoms with E-state index in [0.29, 0.717) is 35.7 Å². The molecule has 1 aliphatic carbocycles. The molecule has 6 nitrogen and oxygen atoms in total. The van der Waals surface area contributed by atoms with E-state index in [2.05, 4.69) is 10.3 Å². The molecule has 1 saturated carbocycles.